The van der Waals surface area contributed by atoms with Crippen molar-refractivity contribution in [3.05, 3.63) is 23.8 Å². The van der Waals surface area contributed by atoms with Gasteiger partial charge in [-0.05, 0) is 6.08 Å². The molecule has 0 aromatic heterocycles. The molecule has 0 radical (unpaired) electrons. The Morgan fingerprint density at radius 1 is 1.45 bits per heavy atom. The van der Waals surface area contributed by atoms with Crippen molar-refractivity contribution in [1.29, 1.82) is 0 Å². The molecule has 2 unspecified atom stereocenters. The summed E-state index contributed by atoms with van der Waals surface area (Å²) in [6.07, 6.45) is 1.58. The normalized spacial score (nSPS) is 31.3. The maximum atomic E-state index is 12.8. The maximum absolute atomic E-state index is 12.8. The van der Waals surface area contributed by atoms with Crippen molar-refractivity contribution in [1.82, 2.24) is 0 Å². The highest BCUT2D eigenvalue weighted by Crippen LogP contribution is 2.26. The number of hydrogen-bond acceptors (Lipinski definition) is 1. The van der Waals surface area contributed by atoms with Gasteiger partial charge in [-0.15, -0.1) is 0 Å². The minimum atomic E-state index is -0.616. The van der Waals surface area contributed by atoms with E-state index in [0.29, 0.717) is 0 Å². The van der Waals surface area contributed by atoms with Gasteiger partial charge in [0, 0.05) is 19.1 Å². The topological polar surface area (TPSA) is 9.23 Å². The fraction of sp³-hybridized carbons (Fsp3) is 0.500. The number of hydrogen-bond donors (Lipinski definition) is 0. The minimum absolute atomic E-state index is 0.231. The molecule has 2 atom stereocenters. The summed E-state index contributed by atoms with van der Waals surface area (Å²) in [6.45, 7) is 1.71. The molecule has 0 bridgehead atoms. The van der Waals surface area contributed by atoms with Crippen molar-refractivity contribution < 1.29 is 13.5 Å². The lowest BCUT2D eigenvalue weighted by molar-refractivity contribution is 0.0817. The van der Waals surface area contributed by atoms with Gasteiger partial charge in [-0.25, -0.2) is 8.78 Å². The Balaban J connectivity index is 2.82. The van der Waals surface area contributed by atoms with Crippen LogP contribution in [-0.2, 0) is 4.74 Å². The van der Waals surface area contributed by atoms with Gasteiger partial charge in [-0.1, -0.05) is 6.92 Å². The molecule has 0 aromatic carbocycles. The SMILES string of the molecule is COC1C(F)=CC(F)=CC1C. The molecule has 0 heterocycles. The number of allylic oxidation sites excluding steroid dienone is 2. The molecule has 0 spiro atoms. The predicted molar refractivity (Wildman–Crippen MR) is 38.3 cm³/mol. The van der Waals surface area contributed by atoms with Crippen molar-refractivity contribution in [2.45, 2.75) is 13.0 Å². The third kappa shape index (κ3) is 1.66. The molecule has 62 valence electrons. The summed E-state index contributed by atoms with van der Waals surface area (Å²) in [5.41, 5.74) is 0. The summed E-state index contributed by atoms with van der Waals surface area (Å²) >= 11 is 0. The van der Waals surface area contributed by atoms with Crippen LogP contribution in [0, 0.1) is 5.92 Å². The van der Waals surface area contributed by atoms with E-state index in [-0.39, 0.29) is 5.92 Å². The molecular formula is C8H10F2O. The van der Waals surface area contributed by atoms with E-state index >= 15 is 0 Å². The Labute approximate surface area is 64.4 Å². The second-order valence-corrected chi connectivity index (χ2v) is 2.60. The van der Waals surface area contributed by atoms with Gasteiger partial charge in [0.2, 0.25) is 0 Å². The zero-order valence-electron chi connectivity index (χ0n) is 6.47. The zero-order valence-corrected chi connectivity index (χ0v) is 6.47. The first-order valence-corrected chi connectivity index (χ1v) is 3.42. The van der Waals surface area contributed by atoms with Crippen LogP contribution in [-0.4, -0.2) is 13.2 Å². The smallest absolute Gasteiger partial charge is 0.132 e. The van der Waals surface area contributed by atoms with E-state index < -0.39 is 17.8 Å². The van der Waals surface area contributed by atoms with Gasteiger partial charge in [-0.2, -0.15) is 0 Å². The van der Waals surface area contributed by atoms with E-state index in [9.17, 15) is 8.78 Å². The molecule has 0 amide bonds. The van der Waals surface area contributed by atoms with Gasteiger partial charge >= 0.3 is 0 Å². The first-order chi connectivity index (χ1) is 5.15. The molecule has 0 aromatic rings. The van der Waals surface area contributed by atoms with Gasteiger partial charge in [0.15, 0.2) is 0 Å². The molecule has 0 saturated carbocycles. The van der Waals surface area contributed by atoms with Crippen LogP contribution in [0.2, 0.25) is 0 Å². The molecule has 1 nitrogen and oxygen atoms in total. The molecular weight excluding hydrogens is 150 g/mol. The fourth-order valence-corrected chi connectivity index (χ4v) is 1.18. The highest BCUT2D eigenvalue weighted by Gasteiger charge is 2.24. The second-order valence-electron chi connectivity index (χ2n) is 2.60. The van der Waals surface area contributed by atoms with E-state index in [1.165, 1.54) is 13.2 Å². The molecule has 0 aliphatic heterocycles. The monoisotopic (exact) mass is 160 g/mol. The largest absolute Gasteiger partial charge is 0.374 e. The summed E-state index contributed by atoms with van der Waals surface area (Å²) in [5, 5.41) is 0. The second kappa shape index (κ2) is 3.13. The van der Waals surface area contributed by atoms with E-state index in [2.05, 4.69) is 0 Å². The first kappa shape index (κ1) is 8.40. The molecule has 0 fully saturated rings. The fourth-order valence-electron chi connectivity index (χ4n) is 1.18. The lowest BCUT2D eigenvalue weighted by atomic mass is 9.98. The zero-order chi connectivity index (χ0) is 8.43. The van der Waals surface area contributed by atoms with Gasteiger partial charge in [0.25, 0.3) is 0 Å². The molecule has 1 aliphatic rings. The predicted octanol–water partition coefficient (Wildman–Crippen LogP) is 2.36. The van der Waals surface area contributed by atoms with E-state index in [1.54, 1.807) is 6.92 Å². The molecule has 0 saturated heterocycles. The van der Waals surface area contributed by atoms with Crippen LogP contribution in [0.5, 0.6) is 0 Å². The van der Waals surface area contributed by atoms with E-state index in [4.69, 9.17) is 4.74 Å². The lowest BCUT2D eigenvalue weighted by Gasteiger charge is -2.21. The third-order valence-corrected chi connectivity index (χ3v) is 1.70. The van der Waals surface area contributed by atoms with Gasteiger partial charge in [0.05, 0.1) is 0 Å². The Morgan fingerprint density at radius 3 is 2.55 bits per heavy atom. The van der Waals surface area contributed by atoms with E-state index in [1.807, 2.05) is 0 Å². The Hall–Kier alpha value is -0.700. The first-order valence-electron chi connectivity index (χ1n) is 3.42. The van der Waals surface area contributed by atoms with Crippen LogP contribution in [0.3, 0.4) is 0 Å². The van der Waals surface area contributed by atoms with Gasteiger partial charge in [-0.3, -0.25) is 0 Å². The summed E-state index contributed by atoms with van der Waals surface area (Å²) in [4.78, 5) is 0. The van der Waals surface area contributed by atoms with Crippen molar-refractivity contribution in [2.75, 3.05) is 7.11 Å². The highest BCUT2D eigenvalue weighted by molar-refractivity contribution is 5.24. The molecule has 1 aliphatic carbocycles. The van der Waals surface area contributed by atoms with E-state index in [0.717, 1.165) is 6.08 Å². The van der Waals surface area contributed by atoms with Crippen molar-refractivity contribution >= 4 is 0 Å². The number of halogens is 2. The van der Waals surface area contributed by atoms with Crippen LogP contribution in [0.1, 0.15) is 6.92 Å². The van der Waals surface area contributed by atoms with Crippen LogP contribution < -0.4 is 0 Å². The average Bonchev–Trinajstić information content (AvgIpc) is 1.85. The summed E-state index contributed by atoms with van der Waals surface area (Å²) in [7, 11) is 1.41. The van der Waals surface area contributed by atoms with Crippen molar-refractivity contribution in [3.8, 4) is 0 Å². The van der Waals surface area contributed by atoms with Crippen LogP contribution in [0.25, 0.3) is 0 Å². The number of rotatable bonds is 1. The molecule has 11 heavy (non-hydrogen) atoms. The number of methoxy groups -OCH3 is 1. The van der Waals surface area contributed by atoms with Crippen LogP contribution in [0.15, 0.2) is 23.8 Å². The van der Waals surface area contributed by atoms with Crippen LogP contribution >= 0.6 is 0 Å². The maximum Gasteiger partial charge on any atom is 0.132 e. The Bertz CT molecular complexity index is 208. The average molecular weight is 160 g/mol. The summed E-state index contributed by atoms with van der Waals surface area (Å²) < 4.78 is 30.1. The van der Waals surface area contributed by atoms with Crippen LogP contribution in [0.4, 0.5) is 8.78 Å². The van der Waals surface area contributed by atoms with Gasteiger partial charge in [0.1, 0.15) is 17.8 Å². The Kier molecular flexibility index (Phi) is 2.39. The molecule has 0 N–H and O–H groups in total. The van der Waals surface area contributed by atoms with Crippen molar-refractivity contribution in [2.24, 2.45) is 5.92 Å². The lowest BCUT2D eigenvalue weighted by Crippen LogP contribution is -2.22. The molecule has 1 rings (SSSR count). The highest BCUT2D eigenvalue weighted by atomic mass is 19.1. The molecule has 3 heteroatoms. The summed E-state index contributed by atoms with van der Waals surface area (Å²) in [5.74, 6) is -1.30. The minimum Gasteiger partial charge on any atom is -0.374 e. The quantitative estimate of drug-likeness (QED) is 0.572. The van der Waals surface area contributed by atoms with Gasteiger partial charge < -0.3 is 4.74 Å². The van der Waals surface area contributed by atoms with Crippen molar-refractivity contribution in [3.63, 3.8) is 0 Å². The standard InChI is InChI=1S/C8H10F2O/c1-5-3-6(9)4-7(10)8(5)11-2/h3-5,8H,1-2H3. The summed E-state index contributed by atoms with van der Waals surface area (Å²) in [6, 6.07) is 0. The Morgan fingerprint density at radius 2 is 2.09 bits per heavy atom. The number of ether oxygens (including phenoxy) is 1. The third-order valence-electron chi connectivity index (χ3n) is 1.70.